The minimum atomic E-state index is -3.73. The number of rotatable bonds is 10. The number of anilines is 1. The molecule has 2 N–H and O–H groups in total. The molecule has 0 radical (unpaired) electrons. The van der Waals surface area contributed by atoms with Crippen LogP contribution in [0.25, 0.3) is 0 Å². The number of carbonyl (C=O) groups is 1. The van der Waals surface area contributed by atoms with Crippen LogP contribution < -0.4 is 14.8 Å². The van der Waals surface area contributed by atoms with Crippen molar-refractivity contribution >= 4 is 21.6 Å². The highest BCUT2D eigenvalue weighted by Crippen LogP contribution is 2.26. The van der Waals surface area contributed by atoms with Gasteiger partial charge in [0.15, 0.2) is 0 Å². The lowest BCUT2D eigenvalue weighted by Gasteiger charge is -2.13. The number of nitrogens with one attached hydrogen (secondary N) is 2. The van der Waals surface area contributed by atoms with E-state index in [1.165, 1.54) is 6.20 Å². The molecule has 0 aliphatic carbocycles. The number of methoxy groups -OCH3 is 1. The van der Waals surface area contributed by atoms with Gasteiger partial charge >= 0.3 is 0 Å². The van der Waals surface area contributed by atoms with Gasteiger partial charge in [-0.05, 0) is 73.9 Å². The van der Waals surface area contributed by atoms with E-state index in [1.54, 1.807) is 62.6 Å². The Bertz CT molecular complexity index is 1210. The molecule has 2 aromatic carbocycles. The monoisotopic (exact) mass is 469 g/mol. The maximum atomic E-state index is 12.8. The number of aromatic nitrogens is 1. The van der Waals surface area contributed by atoms with E-state index in [4.69, 9.17) is 9.47 Å². The summed E-state index contributed by atoms with van der Waals surface area (Å²) in [6, 6.07) is 15.0. The summed E-state index contributed by atoms with van der Waals surface area (Å²) in [6.07, 6.45) is 2.22. The molecule has 1 heterocycles. The van der Waals surface area contributed by atoms with Crippen molar-refractivity contribution in [3.05, 3.63) is 77.5 Å². The Labute approximate surface area is 194 Å². The van der Waals surface area contributed by atoms with Gasteiger partial charge in [0.2, 0.25) is 5.88 Å². The predicted molar refractivity (Wildman–Crippen MR) is 126 cm³/mol. The molecule has 0 saturated carbocycles. The fourth-order valence-electron chi connectivity index (χ4n) is 3.07. The van der Waals surface area contributed by atoms with Crippen LogP contribution in [-0.4, -0.2) is 39.6 Å². The molecule has 3 rings (SSSR count). The highest BCUT2D eigenvalue weighted by Gasteiger charge is 2.18. The molecule has 0 atom stereocenters. The van der Waals surface area contributed by atoms with Crippen molar-refractivity contribution in [1.82, 2.24) is 10.3 Å². The molecule has 1 aromatic heterocycles. The molecule has 174 valence electrons. The first kappa shape index (κ1) is 24.2. The predicted octanol–water partition coefficient (Wildman–Crippen LogP) is 4.06. The van der Waals surface area contributed by atoms with Crippen LogP contribution >= 0.6 is 0 Å². The summed E-state index contributed by atoms with van der Waals surface area (Å²) in [5.41, 5.74) is 2.21. The fraction of sp³-hybridized carbons (Fsp3) is 0.250. The summed E-state index contributed by atoms with van der Waals surface area (Å²) in [4.78, 5) is 16.9. The third kappa shape index (κ3) is 6.53. The lowest BCUT2D eigenvalue weighted by atomic mass is 10.2. The van der Waals surface area contributed by atoms with Crippen molar-refractivity contribution in [3.63, 3.8) is 0 Å². The summed E-state index contributed by atoms with van der Waals surface area (Å²) in [5.74, 6) is 0.273. The van der Waals surface area contributed by atoms with Crippen molar-refractivity contribution in [3.8, 4) is 11.6 Å². The van der Waals surface area contributed by atoms with Crippen LogP contribution in [0.4, 0.5) is 5.69 Å². The van der Waals surface area contributed by atoms with Gasteiger partial charge in [0.1, 0.15) is 11.3 Å². The first-order valence-corrected chi connectivity index (χ1v) is 11.9. The van der Waals surface area contributed by atoms with Gasteiger partial charge in [-0.15, -0.1) is 0 Å². The van der Waals surface area contributed by atoms with E-state index < -0.39 is 10.0 Å². The third-order valence-corrected chi connectivity index (χ3v) is 6.30. The topological polar surface area (TPSA) is 107 Å². The van der Waals surface area contributed by atoms with Crippen LogP contribution in [-0.2, 0) is 14.8 Å². The zero-order chi connectivity index (χ0) is 23.8. The maximum Gasteiger partial charge on any atom is 0.262 e. The minimum absolute atomic E-state index is 0.158. The quantitative estimate of drug-likeness (QED) is 0.434. The van der Waals surface area contributed by atoms with Gasteiger partial charge in [0.25, 0.3) is 15.9 Å². The van der Waals surface area contributed by atoms with Gasteiger partial charge in [-0.1, -0.05) is 12.1 Å². The molecule has 3 aromatic rings. The van der Waals surface area contributed by atoms with Gasteiger partial charge in [-0.3, -0.25) is 9.52 Å². The molecule has 33 heavy (non-hydrogen) atoms. The smallest absolute Gasteiger partial charge is 0.262 e. The number of sulfonamides is 1. The largest absolute Gasteiger partial charge is 0.438 e. The molecule has 0 unspecified atom stereocenters. The van der Waals surface area contributed by atoms with Crippen molar-refractivity contribution < 1.29 is 22.7 Å². The zero-order valence-electron chi connectivity index (χ0n) is 18.8. The van der Waals surface area contributed by atoms with E-state index >= 15 is 0 Å². The molecule has 0 aliphatic heterocycles. The van der Waals surface area contributed by atoms with Crippen molar-refractivity contribution in [2.24, 2.45) is 0 Å². The Balaban J connectivity index is 1.70. The molecule has 0 spiro atoms. The van der Waals surface area contributed by atoms with Crippen molar-refractivity contribution in [2.75, 3.05) is 25.0 Å². The van der Waals surface area contributed by atoms with Gasteiger partial charge < -0.3 is 14.8 Å². The molecular weight excluding hydrogens is 442 g/mol. The van der Waals surface area contributed by atoms with E-state index in [0.29, 0.717) is 42.1 Å². The standard InChI is InChI=1S/C24H27N3O5S/c1-17-7-8-18(2)22(16-17)33(29,30)27-19-9-11-20(12-10-19)32-24-21(6-4-13-26-24)23(28)25-14-5-15-31-3/h4,6-13,16,27H,5,14-15H2,1-3H3,(H,25,28). The zero-order valence-corrected chi connectivity index (χ0v) is 19.6. The van der Waals surface area contributed by atoms with Crippen molar-refractivity contribution in [2.45, 2.75) is 25.2 Å². The van der Waals surface area contributed by atoms with Gasteiger partial charge in [-0.25, -0.2) is 13.4 Å². The van der Waals surface area contributed by atoms with Crippen molar-refractivity contribution in [1.29, 1.82) is 0 Å². The number of aryl methyl sites for hydroxylation is 2. The number of pyridine rings is 1. The van der Waals surface area contributed by atoms with Crippen LogP contribution in [0, 0.1) is 13.8 Å². The lowest BCUT2D eigenvalue weighted by Crippen LogP contribution is -2.25. The van der Waals surface area contributed by atoms with Crippen LogP contribution in [0.2, 0.25) is 0 Å². The number of ether oxygens (including phenoxy) is 2. The minimum Gasteiger partial charge on any atom is -0.438 e. The van der Waals surface area contributed by atoms with E-state index in [-0.39, 0.29) is 16.7 Å². The van der Waals surface area contributed by atoms with E-state index in [2.05, 4.69) is 15.0 Å². The van der Waals surface area contributed by atoms with E-state index in [9.17, 15) is 13.2 Å². The Morgan fingerprint density at radius 2 is 1.82 bits per heavy atom. The molecule has 0 aliphatic rings. The first-order chi connectivity index (χ1) is 15.8. The number of amides is 1. The molecule has 0 bridgehead atoms. The Morgan fingerprint density at radius 3 is 2.55 bits per heavy atom. The SMILES string of the molecule is COCCCNC(=O)c1cccnc1Oc1ccc(NS(=O)(=O)c2cc(C)ccc2C)cc1. The summed E-state index contributed by atoms with van der Waals surface area (Å²) in [6.45, 7) is 4.62. The maximum absolute atomic E-state index is 12.8. The Hall–Kier alpha value is -3.43. The number of nitrogens with zero attached hydrogens (tertiary/aromatic N) is 1. The second-order valence-corrected chi connectivity index (χ2v) is 9.11. The summed E-state index contributed by atoms with van der Waals surface area (Å²) >= 11 is 0. The average Bonchev–Trinajstić information content (AvgIpc) is 2.79. The van der Waals surface area contributed by atoms with E-state index in [1.807, 2.05) is 13.0 Å². The second kappa shape index (κ2) is 10.9. The van der Waals surface area contributed by atoms with Crippen LogP contribution in [0.1, 0.15) is 27.9 Å². The molecule has 8 nitrogen and oxygen atoms in total. The highest BCUT2D eigenvalue weighted by molar-refractivity contribution is 7.92. The molecule has 9 heteroatoms. The number of hydrogen-bond donors (Lipinski definition) is 2. The molecular formula is C24H27N3O5S. The number of hydrogen-bond acceptors (Lipinski definition) is 6. The van der Waals surface area contributed by atoms with Crippen LogP contribution in [0.15, 0.2) is 65.7 Å². The summed E-state index contributed by atoms with van der Waals surface area (Å²) in [5, 5.41) is 2.80. The average molecular weight is 470 g/mol. The summed E-state index contributed by atoms with van der Waals surface area (Å²) in [7, 11) is -2.13. The highest BCUT2D eigenvalue weighted by atomic mass is 32.2. The normalized spacial score (nSPS) is 11.1. The Morgan fingerprint density at radius 1 is 1.06 bits per heavy atom. The second-order valence-electron chi connectivity index (χ2n) is 7.46. The first-order valence-electron chi connectivity index (χ1n) is 10.4. The lowest BCUT2D eigenvalue weighted by molar-refractivity contribution is 0.0945. The number of benzene rings is 2. The van der Waals surface area contributed by atoms with Gasteiger partial charge in [0, 0.05) is 32.1 Å². The Kier molecular flexibility index (Phi) is 8.02. The molecule has 0 saturated heterocycles. The third-order valence-electron chi connectivity index (χ3n) is 4.78. The summed E-state index contributed by atoms with van der Waals surface area (Å²) < 4.78 is 38.9. The molecule has 0 fully saturated rings. The van der Waals surface area contributed by atoms with E-state index in [0.717, 1.165) is 5.56 Å². The van der Waals surface area contributed by atoms with Gasteiger partial charge in [-0.2, -0.15) is 0 Å². The van der Waals surface area contributed by atoms with Crippen LogP contribution in [0.5, 0.6) is 11.6 Å². The van der Waals surface area contributed by atoms with Crippen LogP contribution in [0.3, 0.4) is 0 Å². The number of carbonyl (C=O) groups excluding carboxylic acids is 1. The molecule has 1 amide bonds. The van der Waals surface area contributed by atoms with Gasteiger partial charge in [0.05, 0.1) is 4.90 Å². The fourth-order valence-corrected chi connectivity index (χ4v) is 4.46.